The summed E-state index contributed by atoms with van der Waals surface area (Å²) in [4.78, 5) is 21.3. The summed E-state index contributed by atoms with van der Waals surface area (Å²) < 4.78 is 4.87. The highest BCUT2D eigenvalue weighted by Gasteiger charge is 2.15. The first-order valence-corrected chi connectivity index (χ1v) is 6.91. The third-order valence-electron chi connectivity index (χ3n) is 3.07. The Kier molecular flexibility index (Phi) is 5.62. The van der Waals surface area contributed by atoms with Crippen LogP contribution in [0.15, 0.2) is 51.4 Å². The second-order valence-electron chi connectivity index (χ2n) is 4.67. The van der Waals surface area contributed by atoms with Gasteiger partial charge in [0.1, 0.15) is 37.1 Å². The summed E-state index contributed by atoms with van der Waals surface area (Å²) in [6.45, 7) is 3.22. The number of hydrogen-bond acceptors (Lipinski definition) is 7. The molecule has 0 saturated carbocycles. The van der Waals surface area contributed by atoms with E-state index in [-0.39, 0.29) is 12.4 Å². The van der Waals surface area contributed by atoms with E-state index in [0.29, 0.717) is 17.1 Å². The second kappa shape index (κ2) is 7.88. The molecule has 0 fully saturated rings. The van der Waals surface area contributed by atoms with Crippen molar-refractivity contribution in [3.05, 3.63) is 53.4 Å². The molecule has 0 amide bonds. The molecule has 1 heterocycles. The Hall–Kier alpha value is -2.96. The number of oxime groups is 2. The van der Waals surface area contributed by atoms with Crippen LogP contribution in [0.3, 0.4) is 0 Å². The van der Waals surface area contributed by atoms with Gasteiger partial charge in [0.05, 0.1) is 0 Å². The third kappa shape index (κ3) is 4.26. The van der Waals surface area contributed by atoms with Gasteiger partial charge in [0.25, 0.3) is 0 Å². The third-order valence-corrected chi connectivity index (χ3v) is 3.07. The fourth-order valence-electron chi connectivity index (χ4n) is 1.80. The van der Waals surface area contributed by atoms with Crippen molar-refractivity contribution in [2.45, 2.75) is 20.5 Å². The second-order valence-corrected chi connectivity index (χ2v) is 4.67. The maximum Gasteiger partial charge on any atom is 0.177 e. The van der Waals surface area contributed by atoms with Crippen LogP contribution in [0, 0.1) is 0 Å². The quantitative estimate of drug-likeness (QED) is 0.579. The van der Waals surface area contributed by atoms with Crippen molar-refractivity contribution in [2.75, 3.05) is 7.11 Å². The highest BCUT2D eigenvalue weighted by atomic mass is 16.6. The lowest BCUT2D eigenvalue weighted by Crippen LogP contribution is -2.09. The molecule has 1 aromatic carbocycles. The minimum Gasteiger partial charge on any atom is -0.399 e. The largest absolute Gasteiger partial charge is 0.399 e. The number of carbonyl (C=O) groups excluding carboxylic acids is 1. The standard InChI is InChI=1S/C16H17N3O4/c1-11(12(2)20)17-23-10-13-6-4-5-7-14(13)16(19-21-3)15-8-9-22-18-15/h4-9H,10H2,1-3H3. The summed E-state index contributed by atoms with van der Waals surface area (Å²) in [7, 11) is 1.46. The zero-order valence-corrected chi connectivity index (χ0v) is 13.1. The van der Waals surface area contributed by atoms with Gasteiger partial charge in [0, 0.05) is 24.1 Å². The normalized spacial score (nSPS) is 12.1. The van der Waals surface area contributed by atoms with E-state index >= 15 is 0 Å². The molecule has 0 aliphatic heterocycles. The summed E-state index contributed by atoms with van der Waals surface area (Å²) in [6.07, 6.45) is 1.46. The number of Topliss-reactive ketones (excluding diaryl/α,β-unsaturated/α-hetero) is 1. The maximum absolute atomic E-state index is 11.1. The van der Waals surface area contributed by atoms with Gasteiger partial charge in [0.15, 0.2) is 5.78 Å². The first-order valence-electron chi connectivity index (χ1n) is 6.91. The molecule has 7 heteroatoms. The first kappa shape index (κ1) is 16.4. The Morgan fingerprint density at radius 2 is 2.00 bits per heavy atom. The van der Waals surface area contributed by atoms with Gasteiger partial charge < -0.3 is 14.2 Å². The molecule has 23 heavy (non-hydrogen) atoms. The molecule has 0 aliphatic rings. The van der Waals surface area contributed by atoms with Crippen LogP contribution < -0.4 is 0 Å². The molecule has 2 rings (SSSR count). The Morgan fingerprint density at radius 3 is 2.65 bits per heavy atom. The van der Waals surface area contributed by atoms with Gasteiger partial charge in [-0.2, -0.15) is 0 Å². The average molecular weight is 315 g/mol. The Morgan fingerprint density at radius 1 is 1.22 bits per heavy atom. The summed E-state index contributed by atoms with van der Waals surface area (Å²) in [5.41, 5.74) is 2.98. The van der Waals surface area contributed by atoms with E-state index in [1.807, 2.05) is 24.3 Å². The van der Waals surface area contributed by atoms with Gasteiger partial charge >= 0.3 is 0 Å². The molecule has 7 nitrogen and oxygen atoms in total. The molecule has 2 aromatic rings. The van der Waals surface area contributed by atoms with Gasteiger partial charge in [-0.25, -0.2) is 0 Å². The van der Waals surface area contributed by atoms with E-state index in [0.717, 1.165) is 11.1 Å². The Labute approximate surface area is 133 Å². The van der Waals surface area contributed by atoms with Crippen LogP contribution in [-0.2, 0) is 21.1 Å². The number of carbonyl (C=O) groups is 1. The molecule has 0 saturated heterocycles. The van der Waals surface area contributed by atoms with Crippen LogP contribution >= 0.6 is 0 Å². The van der Waals surface area contributed by atoms with Crippen LogP contribution in [0.1, 0.15) is 30.7 Å². The minimum atomic E-state index is -0.137. The van der Waals surface area contributed by atoms with E-state index in [1.54, 1.807) is 13.0 Å². The molecular weight excluding hydrogens is 298 g/mol. The van der Waals surface area contributed by atoms with Crippen LogP contribution in [0.4, 0.5) is 0 Å². The van der Waals surface area contributed by atoms with Gasteiger partial charge in [-0.15, -0.1) is 0 Å². The average Bonchev–Trinajstić information content (AvgIpc) is 3.07. The lowest BCUT2D eigenvalue weighted by molar-refractivity contribution is -0.111. The SMILES string of the molecule is CON=C(c1ccon1)c1ccccc1CON=C(C)C(C)=O. The van der Waals surface area contributed by atoms with E-state index < -0.39 is 0 Å². The summed E-state index contributed by atoms with van der Waals surface area (Å²) >= 11 is 0. The van der Waals surface area contributed by atoms with Gasteiger partial charge in [-0.1, -0.05) is 39.7 Å². The highest BCUT2D eigenvalue weighted by molar-refractivity contribution is 6.37. The van der Waals surface area contributed by atoms with Crippen molar-refractivity contribution >= 4 is 17.2 Å². The maximum atomic E-state index is 11.1. The molecule has 0 radical (unpaired) electrons. The summed E-state index contributed by atoms with van der Waals surface area (Å²) in [5.74, 6) is -0.137. The molecular formula is C16H17N3O4. The van der Waals surface area contributed by atoms with Crippen molar-refractivity contribution in [3.63, 3.8) is 0 Å². The van der Waals surface area contributed by atoms with Gasteiger partial charge in [0.2, 0.25) is 0 Å². The monoisotopic (exact) mass is 315 g/mol. The molecule has 0 N–H and O–H groups in total. The zero-order valence-electron chi connectivity index (χ0n) is 13.1. The molecule has 0 bridgehead atoms. The lowest BCUT2D eigenvalue weighted by atomic mass is 10.0. The zero-order chi connectivity index (χ0) is 16.7. The fourth-order valence-corrected chi connectivity index (χ4v) is 1.80. The highest BCUT2D eigenvalue weighted by Crippen LogP contribution is 2.16. The molecule has 0 spiro atoms. The predicted octanol–water partition coefficient (Wildman–Crippen LogP) is 2.55. The topological polar surface area (TPSA) is 86.3 Å². The van der Waals surface area contributed by atoms with E-state index in [4.69, 9.17) is 14.2 Å². The van der Waals surface area contributed by atoms with Crippen LogP contribution in [0.25, 0.3) is 0 Å². The van der Waals surface area contributed by atoms with Crippen LogP contribution in [0.2, 0.25) is 0 Å². The van der Waals surface area contributed by atoms with Crippen LogP contribution in [-0.4, -0.2) is 29.5 Å². The van der Waals surface area contributed by atoms with E-state index in [2.05, 4.69) is 15.5 Å². The lowest BCUT2D eigenvalue weighted by Gasteiger charge is -2.09. The number of hydrogen-bond donors (Lipinski definition) is 0. The van der Waals surface area contributed by atoms with Crippen LogP contribution in [0.5, 0.6) is 0 Å². The number of benzene rings is 1. The van der Waals surface area contributed by atoms with Crippen molar-refractivity contribution in [2.24, 2.45) is 10.3 Å². The molecule has 0 unspecified atom stereocenters. The number of rotatable bonds is 7. The number of nitrogens with zero attached hydrogens (tertiary/aromatic N) is 3. The van der Waals surface area contributed by atoms with E-state index in [9.17, 15) is 4.79 Å². The molecule has 1 aromatic heterocycles. The first-order chi connectivity index (χ1) is 11.1. The Balaban J connectivity index is 2.28. The van der Waals surface area contributed by atoms with Crippen molar-refractivity contribution < 1.29 is 19.0 Å². The molecule has 0 aliphatic carbocycles. The number of ketones is 1. The van der Waals surface area contributed by atoms with Crippen molar-refractivity contribution in [1.29, 1.82) is 0 Å². The summed E-state index contributed by atoms with van der Waals surface area (Å²) in [5, 5.41) is 11.7. The smallest absolute Gasteiger partial charge is 0.177 e. The Bertz CT molecular complexity index is 721. The predicted molar refractivity (Wildman–Crippen MR) is 84.2 cm³/mol. The number of aromatic nitrogens is 1. The van der Waals surface area contributed by atoms with E-state index in [1.165, 1.54) is 20.3 Å². The summed E-state index contributed by atoms with van der Waals surface area (Å²) in [6, 6.07) is 9.17. The molecule has 120 valence electrons. The fraction of sp³-hybridized carbons (Fsp3) is 0.250. The van der Waals surface area contributed by atoms with Crippen molar-refractivity contribution in [3.8, 4) is 0 Å². The minimum absolute atomic E-state index is 0.137. The van der Waals surface area contributed by atoms with Gasteiger partial charge in [-0.3, -0.25) is 4.79 Å². The van der Waals surface area contributed by atoms with Gasteiger partial charge in [-0.05, 0) is 6.92 Å². The molecule has 0 atom stereocenters. The van der Waals surface area contributed by atoms with Crippen molar-refractivity contribution in [1.82, 2.24) is 5.16 Å².